The summed E-state index contributed by atoms with van der Waals surface area (Å²) >= 11 is 0. The lowest BCUT2D eigenvalue weighted by Crippen LogP contribution is -2.68. The SMILES string of the molecule is CC1(C(=O)N2CCCCC2)CCN1C(=O)c1ccccc1CCc1ccccc1. The Bertz CT molecular complexity index is 873. The molecule has 0 aromatic heterocycles. The Morgan fingerprint density at radius 2 is 1.55 bits per heavy atom. The molecule has 4 rings (SSSR count). The first-order chi connectivity index (χ1) is 14.1. The van der Waals surface area contributed by atoms with E-state index in [4.69, 9.17) is 0 Å². The van der Waals surface area contributed by atoms with Crippen LogP contribution in [0.2, 0.25) is 0 Å². The Morgan fingerprint density at radius 3 is 2.24 bits per heavy atom. The number of hydrogen-bond donors (Lipinski definition) is 0. The fourth-order valence-corrected chi connectivity index (χ4v) is 4.56. The summed E-state index contributed by atoms with van der Waals surface area (Å²) in [6, 6.07) is 18.2. The van der Waals surface area contributed by atoms with Gasteiger partial charge in [0.2, 0.25) is 5.91 Å². The highest BCUT2D eigenvalue weighted by Crippen LogP contribution is 2.35. The van der Waals surface area contributed by atoms with E-state index in [0.29, 0.717) is 6.54 Å². The van der Waals surface area contributed by atoms with Crippen LogP contribution < -0.4 is 0 Å². The van der Waals surface area contributed by atoms with Crippen molar-refractivity contribution in [2.45, 2.75) is 51.0 Å². The van der Waals surface area contributed by atoms with Crippen LogP contribution in [0.1, 0.15) is 54.1 Å². The number of likely N-dealkylation sites (tertiary alicyclic amines) is 2. The lowest BCUT2D eigenvalue weighted by Gasteiger charge is -2.51. The minimum absolute atomic E-state index is 0.00669. The molecule has 2 amide bonds. The first kappa shape index (κ1) is 19.7. The molecule has 0 N–H and O–H groups in total. The molecule has 2 aromatic rings. The van der Waals surface area contributed by atoms with Gasteiger partial charge in [-0.3, -0.25) is 9.59 Å². The highest BCUT2D eigenvalue weighted by molar-refractivity contribution is 6.01. The van der Waals surface area contributed by atoms with Gasteiger partial charge < -0.3 is 9.80 Å². The minimum Gasteiger partial charge on any atom is -0.341 e. The molecule has 0 radical (unpaired) electrons. The van der Waals surface area contributed by atoms with Crippen LogP contribution in [0.3, 0.4) is 0 Å². The van der Waals surface area contributed by atoms with Gasteiger partial charge in [0.15, 0.2) is 0 Å². The van der Waals surface area contributed by atoms with Crippen LogP contribution >= 0.6 is 0 Å². The summed E-state index contributed by atoms with van der Waals surface area (Å²) in [5, 5.41) is 0. The molecule has 29 heavy (non-hydrogen) atoms. The van der Waals surface area contributed by atoms with Crippen molar-refractivity contribution in [2.75, 3.05) is 19.6 Å². The lowest BCUT2D eigenvalue weighted by atomic mass is 9.83. The molecule has 2 aromatic carbocycles. The maximum absolute atomic E-state index is 13.4. The number of benzene rings is 2. The summed E-state index contributed by atoms with van der Waals surface area (Å²) in [5.41, 5.74) is 2.37. The lowest BCUT2D eigenvalue weighted by molar-refractivity contribution is -0.149. The number of rotatable bonds is 5. The Labute approximate surface area is 173 Å². The van der Waals surface area contributed by atoms with Crippen molar-refractivity contribution in [3.8, 4) is 0 Å². The number of nitrogens with zero attached hydrogens (tertiary/aromatic N) is 2. The number of amides is 2. The van der Waals surface area contributed by atoms with Gasteiger partial charge in [-0.1, -0.05) is 48.5 Å². The summed E-state index contributed by atoms with van der Waals surface area (Å²) in [6.45, 7) is 4.24. The molecule has 2 heterocycles. The maximum Gasteiger partial charge on any atom is 0.255 e. The van der Waals surface area contributed by atoms with Crippen molar-refractivity contribution in [3.05, 3.63) is 71.3 Å². The third-order valence-electron chi connectivity index (χ3n) is 6.54. The molecule has 152 valence electrons. The van der Waals surface area contributed by atoms with Gasteiger partial charge in [-0.25, -0.2) is 0 Å². The molecule has 2 aliphatic rings. The topological polar surface area (TPSA) is 40.6 Å². The van der Waals surface area contributed by atoms with Gasteiger partial charge in [0.25, 0.3) is 5.91 Å². The molecule has 0 spiro atoms. The monoisotopic (exact) mass is 390 g/mol. The number of carbonyl (C=O) groups excluding carboxylic acids is 2. The summed E-state index contributed by atoms with van der Waals surface area (Å²) in [6.07, 6.45) is 5.79. The second-order valence-corrected chi connectivity index (χ2v) is 8.48. The van der Waals surface area contributed by atoms with Crippen molar-refractivity contribution in [1.82, 2.24) is 9.80 Å². The number of piperidine rings is 1. The van der Waals surface area contributed by atoms with Crippen molar-refractivity contribution in [3.63, 3.8) is 0 Å². The average Bonchev–Trinajstić information content (AvgIpc) is 2.77. The highest BCUT2D eigenvalue weighted by atomic mass is 16.2. The van der Waals surface area contributed by atoms with E-state index < -0.39 is 5.54 Å². The summed E-state index contributed by atoms with van der Waals surface area (Å²) in [5.74, 6) is 0.117. The predicted octanol–water partition coefficient (Wildman–Crippen LogP) is 4.09. The number of hydrogen-bond acceptors (Lipinski definition) is 2. The Kier molecular flexibility index (Phi) is 5.70. The van der Waals surface area contributed by atoms with Gasteiger partial charge in [0, 0.05) is 25.2 Å². The fourth-order valence-electron chi connectivity index (χ4n) is 4.56. The number of carbonyl (C=O) groups is 2. The van der Waals surface area contributed by atoms with E-state index >= 15 is 0 Å². The van der Waals surface area contributed by atoms with Crippen LogP contribution in [0, 0.1) is 0 Å². The van der Waals surface area contributed by atoms with Crippen molar-refractivity contribution in [1.29, 1.82) is 0 Å². The van der Waals surface area contributed by atoms with Crippen LogP contribution in [-0.2, 0) is 17.6 Å². The second kappa shape index (κ2) is 8.40. The molecular formula is C25H30N2O2. The van der Waals surface area contributed by atoms with Crippen LogP contribution in [0.5, 0.6) is 0 Å². The predicted molar refractivity (Wildman–Crippen MR) is 115 cm³/mol. The fraction of sp³-hybridized carbons (Fsp3) is 0.440. The second-order valence-electron chi connectivity index (χ2n) is 8.48. The summed E-state index contributed by atoms with van der Waals surface area (Å²) in [7, 11) is 0. The summed E-state index contributed by atoms with van der Waals surface area (Å²) < 4.78 is 0. The molecule has 0 saturated carbocycles. The van der Waals surface area contributed by atoms with E-state index in [1.807, 2.05) is 54.3 Å². The van der Waals surface area contributed by atoms with Gasteiger partial charge in [-0.15, -0.1) is 0 Å². The molecule has 2 fully saturated rings. The Hall–Kier alpha value is -2.62. The first-order valence-electron chi connectivity index (χ1n) is 10.8. The molecule has 2 aliphatic heterocycles. The van der Waals surface area contributed by atoms with Crippen molar-refractivity contribution < 1.29 is 9.59 Å². The largest absolute Gasteiger partial charge is 0.341 e. The van der Waals surface area contributed by atoms with Gasteiger partial charge >= 0.3 is 0 Å². The summed E-state index contributed by atoms with van der Waals surface area (Å²) in [4.78, 5) is 30.4. The molecular weight excluding hydrogens is 360 g/mol. The van der Waals surface area contributed by atoms with Crippen LogP contribution in [0.15, 0.2) is 54.6 Å². The standard InChI is InChI=1S/C25H30N2O2/c1-25(24(29)26-17-8-3-9-18-26)16-19-27(25)23(28)22-13-7-6-12-21(22)15-14-20-10-4-2-5-11-20/h2,4-7,10-13H,3,8-9,14-19H2,1H3. The molecule has 1 atom stereocenters. The Balaban J connectivity index is 1.50. The molecule has 4 nitrogen and oxygen atoms in total. The molecule has 0 bridgehead atoms. The van der Waals surface area contributed by atoms with Gasteiger partial charge in [0.05, 0.1) is 0 Å². The van der Waals surface area contributed by atoms with E-state index in [-0.39, 0.29) is 11.8 Å². The van der Waals surface area contributed by atoms with Crippen molar-refractivity contribution >= 4 is 11.8 Å². The van der Waals surface area contributed by atoms with E-state index in [1.54, 1.807) is 4.90 Å². The van der Waals surface area contributed by atoms with E-state index in [9.17, 15) is 9.59 Å². The molecule has 0 aliphatic carbocycles. The molecule has 2 saturated heterocycles. The zero-order chi connectivity index (χ0) is 20.3. The van der Waals surface area contributed by atoms with Crippen LogP contribution in [-0.4, -0.2) is 46.8 Å². The van der Waals surface area contributed by atoms with Gasteiger partial charge in [-0.2, -0.15) is 0 Å². The zero-order valence-electron chi connectivity index (χ0n) is 17.3. The smallest absolute Gasteiger partial charge is 0.255 e. The Morgan fingerprint density at radius 1 is 0.862 bits per heavy atom. The average molecular weight is 391 g/mol. The van der Waals surface area contributed by atoms with E-state index in [2.05, 4.69) is 12.1 Å². The third kappa shape index (κ3) is 3.93. The minimum atomic E-state index is -0.693. The highest BCUT2D eigenvalue weighted by Gasteiger charge is 2.51. The van der Waals surface area contributed by atoms with E-state index in [1.165, 1.54) is 12.0 Å². The van der Waals surface area contributed by atoms with Crippen molar-refractivity contribution in [2.24, 2.45) is 0 Å². The quantitative estimate of drug-likeness (QED) is 0.772. The van der Waals surface area contributed by atoms with Crippen LogP contribution in [0.4, 0.5) is 0 Å². The normalized spacial score (nSPS) is 21.6. The zero-order valence-corrected chi connectivity index (χ0v) is 17.3. The number of aryl methyl sites for hydroxylation is 2. The third-order valence-corrected chi connectivity index (χ3v) is 6.54. The maximum atomic E-state index is 13.4. The van der Waals surface area contributed by atoms with Crippen LogP contribution in [0.25, 0.3) is 0 Å². The van der Waals surface area contributed by atoms with Gasteiger partial charge in [-0.05, 0) is 62.6 Å². The molecule has 1 unspecified atom stereocenters. The first-order valence-corrected chi connectivity index (χ1v) is 10.8. The van der Waals surface area contributed by atoms with E-state index in [0.717, 1.165) is 56.3 Å². The molecule has 4 heteroatoms. The van der Waals surface area contributed by atoms with Gasteiger partial charge in [0.1, 0.15) is 5.54 Å².